The van der Waals surface area contributed by atoms with Crippen molar-refractivity contribution in [2.45, 2.75) is 6.92 Å². The molecule has 2 N–H and O–H groups in total. The maximum absolute atomic E-state index is 12.2. The first-order valence-corrected chi connectivity index (χ1v) is 7.71. The average Bonchev–Trinajstić information content (AvgIpc) is 3.17. The summed E-state index contributed by atoms with van der Waals surface area (Å²) < 4.78 is 4.85. The predicted octanol–water partition coefficient (Wildman–Crippen LogP) is 2.56. The lowest BCUT2D eigenvalue weighted by Crippen LogP contribution is -2.12. The summed E-state index contributed by atoms with van der Waals surface area (Å²) in [5.74, 6) is -0.0352. The fourth-order valence-electron chi connectivity index (χ4n) is 1.67. The van der Waals surface area contributed by atoms with Crippen LogP contribution in [0, 0.1) is 6.92 Å². The zero-order chi connectivity index (χ0) is 14.8. The number of aryl methyl sites for hydroxylation is 1. The predicted molar refractivity (Wildman–Crippen MR) is 81.1 cm³/mol. The Morgan fingerprint density at radius 3 is 2.95 bits per heavy atom. The van der Waals surface area contributed by atoms with Crippen LogP contribution >= 0.6 is 22.7 Å². The minimum absolute atomic E-state index is 0.172. The van der Waals surface area contributed by atoms with Crippen molar-refractivity contribution in [1.29, 1.82) is 0 Å². The third-order valence-electron chi connectivity index (χ3n) is 2.65. The van der Waals surface area contributed by atoms with Crippen molar-refractivity contribution >= 4 is 34.5 Å². The van der Waals surface area contributed by atoms with Gasteiger partial charge in [-0.1, -0.05) is 0 Å². The quantitative estimate of drug-likeness (QED) is 0.770. The number of carbonyl (C=O) groups excluding carboxylic acids is 1. The molecule has 0 bridgehead atoms. The number of nitrogens with one attached hydrogen (secondary N) is 2. The molecule has 0 spiro atoms. The molecule has 3 aromatic heterocycles. The van der Waals surface area contributed by atoms with Crippen molar-refractivity contribution in [2.24, 2.45) is 0 Å². The SMILES string of the molecule is COc1n[nH]c(NC(=O)c2sc(-c3ccsc3)nc2C)n1. The molecule has 9 heteroatoms. The lowest BCUT2D eigenvalue weighted by Gasteiger charge is -1.98. The number of methoxy groups -OCH3 is 1. The first-order valence-electron chi connectivity index (χ1n) is 5.95. The van der Waals surface area contributed by atoms with Crippen LogP contribution in [0.3, 0.4) is 0 Å². The standard InChI is InChI=1S/C12H11N5O2S2/c1-6-8(21-10(13-6)7-3-4-20-5-7)9(18)14-11-15-12(19-2)17-16-11/h3-5H,1-2H3,(H2,14,15,16,17,18). The molecule has 0 radical (unpaired) electrons. The monoisotopic (exact) mass is 321 g/mol. The molecule has 0 atom stereocenters. The third-order valence-corrected chi connectivity index (χ3v) is 4.54. The number of anilines is 1. The summed E-state index contributed by atoms with van der Waals surface area (Å²) in [6.45, 7) is 1.81. The summed E-state index contributed by atoms with van der Waals surface area (Å²) >= 11 is 2.94. The molecule has 0 aliphatic heterocycles. The van der Waals surface area contributed by atoms with Gasteiger partial charge < -0.3 is 4.74 Å². The average molecular weight is 321 g/mol. The molecule has 0 aromatic carbocycles. The van der Waals surface area contributed by atoms with E-state index in [0.29, 0.717) is 10.6 Å². The van der Waals surface area contributed by atoms with Crippen molar-refractivity contribution < 1.29 is 9.53 Å². The number of ether oxygens (including phenoxy) is 1. The van der Waals surface area contributed by atoms with E-state index in [1.165, 1.54) is 18.4 Å². The van der Waals surface area contributed by atoms with Gasteiger partial charge in [0.05, 0.1) is 12.8 Å². The van der Waals surface area contributed by atoms with Gasteiger partial charge in [0.2, 0.25) is 5.95 Å². The molecule has 7 nitrogen and oxygen atoms in total. The van der Waals surface area contributed by atoms with Crippen LogP contribution in [0.1, 0.15) is 15.4 Å². The second kappa shape index (κ2) is 5.62. The van der Waals surface area contributed by atoms with Crippen LogP contribution in [0.5, 0.6) is 6.01 Å². The lowest BCUT2D eigenvalue weighted by molar-refractivity contribution is 0.102. The number of aromatic amines is 1. The molecule has 0 aliphatic carbocycles. The van der Waals surface area contributed by atoms with Crippen molar-refractivity contribution in [3.63, 3.8) is 0 Å². The molecule has 0 fully saturated rings. The molecule has 3 heterocycles. The molecule has 3 rings (SSSR count). The second-order valence-electron chi connectivity index (χ2n) is 4.07. The minimum atomic E-state index is -0.273. The number of aromatic nitrogens is 4. The number of carbonyl (C=O) groups is 1. The molecule has 1 amide bonds. The normalized spacial score (nSPS) is 10.6. The van der Waals surface area contributed by atoms with Gasteiger partial charge >= 0.3 is 6.01 Å². The molecular weight excluding hydrogens is 310 g/mol. The van der Waals surface area contributed by atoms with Gasteiger partial charge in [0.15, 0.2) is 0 Å². The van der Waals surface area contributed by atoms with Gasteiger partial charge in [-0.15, -0.1) is 16.4 Å². The van der Waals surface area contributed by atoms with Crippen LogP contribution in [-0.4, -0.2) is 33.2 Å². The van der Waals surface area contributed by atoms with E-state index in [-0.39, 0.29) is 17.9 Å². The number of nitrogens with zero attached hydrogens (tertiary/aromatic N) is 3. The van der Waals surface area contributed by atoms with Gasteiger partial charge in [-0.05, 0) is 18.4 Å². The van der Waals surface area contributed by atoms with E-state index in [2.05, 4.69) is 25.5 Å². The number of thiazole rings is 1. The van der Waals surface area contributed by atoms with Crippen LogP contribution in [-0.2, 0) is 0 Å². The fourth-order valence-corrected chi connectivity index (χ4v) is 3.35. The summed E-state index contributed by atoms with van der Waals surface area (Å²) in [5, 5.41) is 13.8. The first kappa shape index (κ1) is 13.7. The van der Waals surface area contributed by atoms with Crippen LogP contribution in [0.4, 0.5) is 5.95 Å². The van der Waals surface area contributed by atoms with Gasteiger partial charge in [-0.25, -0.2) is 10.1 Å². The van der Waals surface area contributed by atoms with Gasteiger partial charge in [0, 0.05) is 10.9 Å². The molecule has 21 heavy (non-hydrogen) atoms. The topological polar surface area (TPSA) is 92.8 Å². The summed E-state index contributed by atoms with van der Waals surface area (Å²) in [6.07, 6.45) is 0. The maximum Gasteiger partial charge on any atom is 0.336 e. The number of rotatable bonds is 4. The highest BCUT2D eigenvalue weighted by Crippen LogP contribution is 2.29. The van der Waals surface area contributed by atoms with E-state index in [1.807, 2.05) is 23.8 Å². The summed E-state index contributed by atoms with van der Waals surface area (Å²) in [7, 11) is 1.45. The number of hydrogen-bond acceptors (Lipinski definition) is 7. The Morgan fingerprint density at radius 2 is 2.29 bits per heavy atom. The van der Waals surface area contributed by atoms with E-state index < -0.39 is 0 Å². The van der Waals surface area contributed by atoms with Crippen molar-refractivity contribution in [3.8, 4) is 16.6 Å². The minimum Gasteiger partial charge on any atom is -0.466 e. The highest BCUT2D eigenvalue weighted by molar-refractivity contribution is 7.17. The summed E-state index contributed by atoms with van der Waals surface area (Å²) in [6, 6.07) is 2.15. The Balaban J connectivity index is 1.81. The van der Waals surface area contributed by atoms with E-state index in [9.17, 15) is 4.79 Å². The van der Waals surface area contributed by atoms with Crippen LogP contribution in [0.2, 0.25) is 0 Å². The van der Waals surface area contributed by atoms with E-state index in [4.69, 9.17) is 4.74 Å². The lowest BCUT2D eigenvalue weighted by atomic mass is 10.3. The number of H-pyrrole nitrogens is 1. The van der Waals surface area contributed by atoms with Crippen LogP contribution in [0.25, 0.3) is 10.6 Å². The first-order chi connectivity index (χ1) is 10.2. The van der Waals surface area contributed by atoms with E-state index >= 15 is 0 Å². The largest absolute Gasteiger partial charge is 0.466 e. The molecule has 0 saturated carbocycles. The van der Waals surface area contributed by atoms with Crippen molar-refractivity contribution in [1.82, 2.24) is 20.2 Å². The number of amides is 1. The summed E-state index contributed by atoms with van der Waals surface area (Å²) in [5.41, 5.74) is 1.71. The van der Waals surface area contributed by atoms with E-state index in [1.54, 1.807) is 11.3 Å². The smallest absolute Gasteiger partial charge is 0.336 e. The van der Waals surface area contributed by atoms with Crippen molar-refractivity contribution in [3.05, 3.63) is 27.4 Å². The van der Waals surface area contributed by atoms with Crippen molar-refractivity contribution in [2.75, 3.05) is 12.4 Å². The Morgan fingerprint density at radius 1 is 1.43 bits per heavy atom. The Kier molecular flexibility index (Phi) is 3.67. The second-order valence-corrected chi connectivity index (χ2v) is 5.85. The Bertz CT molecular complexity index is 763. The highest BCUT2D eigenvalue weighted by Gasteiger charge is 2.18. The van der Waals surface area contributed by atoms with Crippen LogP contribution in [0.15, 0.2) is 16.8 Å². The molecular formula is C12H11N5O2S2. The third kappa shape index (κ3) is 2.78. The van der Waals surface area contributed by atoms with Crippen LogP contribution < -0.4 is 10.1 Å². The molecule has 0 aliphatic rings. The molecule has 108 valence electrons. The highest BCUT2D eigenvalue weighted by atomic mass is 32.1. The maximum atomic E-state index is 12.2. The molecule has 0 saturated heterocycles. The van der Waals surface area contributed by atoms with Gasteiger partial charge in [-0.2, -0.15) is 16.3 Å². The van der Waals surface area contributed by atoms with E-state index in [0.717, 1.165) is 10.6 Å². The zero-order valence-electron chi connectivity index (χ0n) is 11.2. The van der Waals surface area contributed by atoms with Gasteiger partial charge in [0.25, 0.3) is 5.91 Å². The fraction of sp³-hybridized carbons (Fsp3) is 0.167. The zero-order valence-corrected chi connectivity index (χ0v) is 12.8. The van der Waals surface area contributed by atoms with Gasteiger partial charge in [-0.3, -0.25) is 10.1 Å². The Labute approximate surface area is 128 Å². The Hall–Kier alpha value is -2.26. The summed E-state index contributed by atoms with van der Waals surface area (Å²) in [4.78, 5) is 21.2. The molecule has 3 aromatic rings. The molecule has 0 unspecified atom stereocenters. The number of hydrogen-bond donors (Lipinski definition) is 2. The van der Waals surface area contributed by atoms with Gasteiger partial charge in [0.1, 0.15) is 9.88 Å². The number of thiophene rings is 1.